The Morgan fingerprint density at radius 1 is 1.04 bits per heavy atom. The monoisotopic (exact) mass is 371 g/mol. The van der Waals surface area contributed by atoms with Gasteiger partial charge in [-0.3, -0.25) is 14.8 Å². The van der Waals surface area contributed by atoms with Gasteiger partial charge in [-0.1, -0.05) is 6.07 Å². The molecule has 0 spiro atoms. The lowest BCUT2D eigenvalue weighted by Crippen LogP contribution is -2.18. The average Bonchev–Trinajstić information content (AvgIpc) is 3.19. The first-order valence-electron chi connectivity index (χ1n) is 8.64. The van der Waals surface area contributed by atoms with Crippen LogP contribution in [0.4, 0.5) is 5.82 Å². The van der Waals surface area contributed by atoms with Gasteiger partial charge in [0, 0.05) is 24.2 Å². The van der Waals surface area contributed by atoms with E-state index in [1.807, 2.05) is 32.0 Å². The predicted octanol–water partition coefficient (Wildman–Crippen LogP) is 2.99. The van der Waals surface area contributed by atoms with Crippen LogP contribution in [0, 0.1) is 13.8 Å². The number of pyridine rings is 2. The maximum atomic E-state index is 12.8. The smallest absolute Gasteiger partial charge is 0.275 e. The van der Waals surface area contributed by atoms with Gasteiger partial charge in [-0.25, -0.2) is 14.6 Å². The molecule has 0 radical (unpaired) electrons. The van der Waals surface area contributed by atoms with E-state index < -0.39 is 0 Å². The largest absolute Gasteiger partial charge is 0.305 e. The number of nitrogens with one attached hydrogen (secondary N) is 1. The first-order chi connectivity index (χ1) is 13.6. The van der Waals surface area contributed by atoms with Crippen LogP contribution in [0.15, 0.2) is 61.2 Å². The zero-order chi connectivity index (χ0) is 19.5. The number of anilines is 1. The molecule has 8 heteroatoms. The topological polar surface area (TPSA) is 98.5 Å². The first-order valence-corrected chi connectivity index (χ1v) is 8.64. The van der Waals surface area contributed by atoms with E-state index in [2.05, 4.69) is 30.4 Å². The van der Waals surface area contributed by atoms with Crippen LogP contribution in [-0.2, 0) is 0 Å². The van der Waals surface area contributed by atoms with E-state index in [4.69, 9.17) is 0 Å². The van der Waals surface area contributed by atoms with Crippen LogP contribution in [0.5, 0.6) is 0 Å². The summed E-state index contributed by atoms with van der Waals surface area (Å²) in [5, 5.41) is 7.03. The van der Waals surface area contributed by atoms with Crippen molar-refractivity contribution in [1.82, 2.24) is 29.7 Å². The Balaban J connectivity index is 1.63. The number of hydrogen-bond acceptors (Lipinski definition) is 6. The third kappa shape index (κ3) is 3.61. The van der Waals surface area contributed by atoms with E-state index >= 15 is 0 Å². The predicted molar refractivity (Wildman–Crippen MR) is 104 cm³/mol. The van der Waals surface area contributed by atoms with Gasteiger partial charge in [-0.2, -0.15) is 5.10 Å². The van der Waals surface area contributed by atoms with Crippen LogP contribution >= 0.6 is 0 Å². The number of hydrogen-bond donors (Lipinski definition) is 1. The molecular formula is C20H17N7O. The molecule has 0 aliphatic carbocycles. The molecule has 0 bridgehead atoms. The van der Waals surface area contributed by atoms with Crippen LogP contribution < -0.4 is 5.32 Å². The molecular weight excluding hydrogens is 354 g/mol. The maximum Gasteiger partial charge on any atom is 0.275 e. The molecule has 0 fully saturated rings. The van der Waals surface area contributed by atoms with E-state index in [0.717, 1.165) is 11.3 Å². The summed E-state index contributed by atoms with van der Waals surface area (Å²) in [7, 11) is 0. The quantitative estimate of drug-likeness (QED) is 0.592. The van der Waals surface area contributed by atoms with Crippen molar-refractivity contribution in [3.63, 3.8) is 0 Å². The second-order valence-corrected chi connectivity index (χ2v) is 6.23. The third-order valence-corrected chi connectivity index (χ3v) is 4.00. The summed E-state index contributed by atoms with van der Waals surface area (Å²) in [6.07, 6.45) is 6.62. The lowest BCUT2D eigenvalue weighted by molar-refractivity contribution is 0.101. The number of rotatable bonds is 4. The third-order valence-electron chi connectivity index (χ3n) is 4.00. The van der Waals surface area contributed by atoms with Crippen molar-refractivity contribution in [2.24, 2.45) is 0 Å². The van der Waals surface area contributed by atoms with Crippen LogP contribution in [-0.4, -0.2) is 35.6 Å². The van der Waals surface area contributed by atoms with Crippen molar-refractivity contribution < 1.29 is 4.79 Å². The Morgan fingerprint density at radius 3 is 2.68 bits per heavy atom. The summed E-state index contributed by atoms with van der Waals surface area (Å²) in [5.74, 6) is 0.521. The number of aryl methyl sites for hydroxylation is 2. The highest BCUT2D eigenvalue weighted by molar-refractivity contribution is 6.03. The van der Waals surface area contributed by atoms with Gasteiger partial charge < -0.3 is 5.32 Å². The van der Waals surface area contributed by atoms with E-state index in [9.17, 15) is 4.79 Å². The van der Waals surface area contributed by atoms with Crippen LogP contribution in [0.1, 0.15) is 21.7 Å². The number of amides is 1. The lowest BCUT2D eigenvalue weighted by atomic mass is 10.2. The van der Waals surface area contributed by atoms with Gasteiger partial charge in [-0.15, -0.1) is 0 Å². The minimum absolute atomic E-state index is 0.331. The van der Waals surface area contributed by atoms with Crippen molar-refractivity contribution in [3.8, 4) is 17.2 Å². The van der Waals surface area contributed by atoms with E-state index in [1.54, 1.807) is 43.0 Å². The van der Waals surface area contributed by atoms with E-state index in [1.165, 1.54) is 4.68 Å². The summed E-state index contributed by atoms with van der Waals surface area (Å²) in [6, 6.07) is 10.8. The van der Waals surface area contributed by atoms with Crippen LogP contribution in [0.25, 0.3) is 17.2 Å². The van der Waals surface area contributed by atoms with Crippen molar-refractivity contribution >= 4 is 11.7 Å². The SMILES string of the molecule is Cc1ccc(-c2nc(C)cc(NC(=O)c3ccnn3-c3cccnc3)n2)nc1. The summed E-state index contributed by atoms with van der Waals surface area (Å²) in [6.45, 7) is 3.81. The zero-order valence-corrected chi connectivity index (χ0v) is 15.4. The summed E-state index contributed by atoms with van der Waals surface area (Å²) in [5.41, 5.74) is 3.49. The second-order valence-electron chi connectivity index (χ2n) is 6.23. The molecule has 0 unspecified atom stereocenters. The number of carbonyl (C=O) groups is 1. The Bertz CT molecular complexity index is 1120. The second kappa shape index (κ2) is 7.36. The van der Waals surface area contributed by atoms with Gasteiger partial charge in [0.2, 0.25) is 0 Å². The summed E-state index contributed by atoms with van der Waals surface area (Å²) < 4.78 is 1.53. The number of nitrogens with zero attached hydrogens (tertiary/aromatic N) is 6. The van der Waals surface area contributed by atoms with Gasteiger partial charge in [0.25, 0.3) is 5.91 Å². The Hall–Kier alpha value is -3.94. The fourth-order valence-corrected chi connectivity index (χ4v) is 2.69. The molecule has 0 saturated heterocycles. The van der Waals surface area contributed by atoms with E-state index in [-0.39, 0.29) is 5.91 Å². The molecule has 28 heavy (non-hydrogen) atoms. The van der Waals surface area contributed by atoms with E-state index in [0.29, 0.717) is 28.7 Å². The minimum atomic E-state index is -0.331. The molecule has 0 aliphatic heterocycles. The fraction of sp³-hybridized carbons (Fsp3) is 0.100. The molecule has 8 nitrogen and oxygen atoms in total. The highest BCUT2D eigenvalue weighted by atomic mass is 16.2. The van der Waals surface area contributed by atoms with Crippen molar-refractivity contribution in [1.29, 1.82) is 0 Å². The number of aromatic nitrogens is 6. The molecule has 0 aliphatic rings. The van der Waals surface area contributed by atoms with Crippen LogP contribution in [0.3, 0.4) is 0 Å². The molecule has 0 atom stereocenters. The molecule has 4 aromatic heterocycles. The van der Waals surface area contributed by atoms with Gasteiger partial charge in [-0.05, 0) is 43.7 Å². The summed E-state index contributed by atoms with van der Waals surface area (Å²) >= 11 is 0. The van der Waals surface area contributed by atoms with Gasteiger partial charge in [0.1, 0.15) is 17.2 Å². The standard InChI is InChI=1S/C20H17N7O/c1-13-5-6-16(22-11-13)19-24-14(2)10-18(25-19)26-20(28)17-7-9-23-27(17)15-4-3-8-21-12-15/h3-12H,1-2H3,(H,24,25,26,28). The van der Waals surface area contributed by atoms with Crippen molar-refractivity contribution in [2.75, 3.05) is 5.32 Å². The lowest BCUT2D eigenvalue weighted by Gasteiger charge is -2.09. The van der Waals surface area contributed by atoms with Gasteiger partial charge >= 0.3 is 0 Å². The Labute approximate surface area is 161 Å². The fourth-order valence-electron chi connectivity index (χ4n) is 2.69. The Morgan fingerprint density at radius 2 is 1.93 bits per heavy atom. The maximum absolute atomic E-state index is 12.8. The minimum Gasteiger partial charge on any atom is -0.305 e. The van der Waals surface area contributed by atoms with Crippen molar-refractivity contribution in [2.45, 2.75) is 13.8 Å². The molecule has 1 N–H and O–H groups in total. The molecule has 0 aromatic carbocycles. The normalized spacial score (nSPS) is 10.6. The highest BCUT2D eigenvalue weighted by Crippen LogP contribution is 2.17. The van der Waals surface area contributed by atoms with Gasteiger partial charge in [0.05, 0.1) is 18.1 Å². The molecule has 4 rings (SSSR count). The highest BCUT2D eigenvalue weighted by Gasteiger charge is 2.15. The molecule has 1 amide bonds. The first kappa shape index (κ1) is 17.5. The molecule has 138 valence electrons. The average molecular weight is 371 g/mol. The Kier molecular flexibility index (Phi) is 4.59. The number of carbonyl (C=O) groups excluding carboxylic acids is 1. The molecule has 4 heterocycles. The molecule has 0 saturated carbocycles. The van der Waals surface area contributed by atoms with Crippen molar-refractivity contribution in [3.05, 3.63) is 78.1 Å². The van der Waals surface area contributed by atoms with Crippen LogP contribution in [0.2, 0.25) is 0 Å². The molecule has 4 aromatic rings. The summed E-state index contributed by atoms with van der Waals surface area (Å²) in [4.78, 5) is 30.1. The zero-order valence-electron chi connectivity index (χ0n) is 15.4. The van der Waals surface area contributed by atoms with Gasteiger partial charge in [0.15, 0.2) is 5.82 Å².